The van der Waals surface area contributed by atoms with Gasteiger partial charge in [-0.1, -0.05) is 43.7 Å². The van der Waals surface area contributed by atoms with Crippen LogP contribution in [-0.2, 0) is 16.6 Å². The van der Waals surface area contributed by atoms with Gasteiger partial charge in [-0.3, -0.25) is 4.72 Å². The van der Waals surface area contributed by atoms with Crippen molar-refractivity contribution in [3.63, 3.8) is 0 Å². The molecule has 0 aliphatic carbocycles. The normalized spacial score (nSPS) is 11.2. The molecule has 0 amide bonds. The molecule has 2 rings (SSSR count). The van der Waals surface area contributed by atoms with Gasteiger partial charge in [0.2, 0.25) is 10.0 Å². The minimum Gasteiger partial charge on any atom is -0.478 e. The number of benzene rings is 2. The third-order valence-corrected chi connectivity index (χ3v) is 4.48. The van der Waals surface area contributed by atoms with Gasteiger partial charge in [0.25, 0.3) is 0 Å². The molecule has 2 N–H and O–H groups in total. The average Bonchev–Trinajstić information content (AvgIpc) is 2.58. The standard InChI is InChI=1S/C19H24N2O4S/c1-3-4-12-21(14-15-8-6-5-7-9-15)18-11-10-16(20-26(2,24)25)13-17(18)19(22)23/h5-11,13,20H,3-4,12,14H2,1-2H3,(H,22,23). The van der Waals surface area contributed by atoms with Gasteiger partial charge in [0.05, 0.1) is 17.5 Å². The number of anilines is 2. The van der Waals surface area contributed by atoms with Crippen molar-refractivity contribution < 1.29 is 18.3 Å². The molecule has 6 nitrogen and oxygen atoms in total. The van der Waals surface area contributed by atoms with Crippen LogP contribution in [0.4, 0.5) is 11.4 Å². The fourth-order valence-corrected chi connectivity index (χ4v) is 3.25. The molecule has 7 heteroatoms. The first-order chi connectivity index (χ1) is 12.3. The highest BCUT2D eigenvalue weighted by Crippen LogP contribution is 2.27. The molecule has 0 aliphatic rings. The lowest BCUT2D eigenvalue weighted by atomic mass is 10.1. The predicted molar refractivity (Wildman–Crippen MR) is 104 cm³/mol. The summed E-state index contributed by atoms with van der Waals surface area (Å²) in [6.07, 6.45) is 2.95. The zero-order chi connectivity index (χ0) is 19.2. The topological polar surface area (TPSA) is 86.7 Å². The third kappa shape index (κ3) is 5.77. The van der Waals surface area contributed by atoms with Gasteiger partial charge in [0.1, 0.15) is 0 Å². The Kier molecular flexibility index (Phi) is 6.63. The second-order valence-corrected chi connectivity index (χ2v) is 7.92. The van der Waals surface area contributed by atoms with E-state index in [1.165, 1.54) is 6.07 Å². The van der Waals surface area contributed by atoms with E-state index in [9.17, 15) is 18.3 Å². The number of carboxylic acids is 1. The van der Waals surface area contributed by atoms with Crippen molar-refractivity contribution in [2.75, 3.05) is 22.4 Å². The molecule has 0 heterocycles. The Balaban J connectivity index is 2.40. The molecule has 2 aromatic rings. The molecule has 0 aromatic heterocycles. The van der Waals surface area contributed by atoms with Crippen molar-refractivity contribution in [3.8, 4) is 0 Å². The highest BCUT2D eigenvalue weighted by molar-refractivity contribution is 7.92. The van der Waals surface area contributed by atoms with E-state index in [1.807, 2.05) is 35.2 Å². The molecule has 0 radical (unpaired) electrons. The van der Waals surface area contributed by atoms with Crippen molar-refractivity contribution in [1.29, 1.82) is 0 Å². The maximum atomic E-state index is 11.8. The second-order valence-electron chi connectivity index (χ2n) is 6.17. The van der Waals surface area contributed by atoms with Gasteiger partial charge < -0.3 is 10.0 Å². The number of sulfonamides is 1. The maximum absolute atomic E-state index is 11.8. The molecule has 0 saturated carbocycles. The lowest BCUT2D eigenvalue weighted by Gasteiger charge is -2.27. The number of aromatic carboxylic acids is 1. The average molecular weight is 376 g/mol. The summed E-state index contributed by atoms with van der Waals surface area (Å²) in [6, 6.07) is 14.5. The van der Waals surface area contributed by atoms with Crippen molar-refractivity contribution in [2.24, 2.45) is 0 Å². The second kappa shape index (κ2) is 8.71. The maximum Gasteiger partial charge on any atom is 0.337 e. The molecule has 0 atom stereocenters. The first kappa shape index (κ1) is 19.8. The van der Waals surface area contributed by atoms with Crippen LogP contribution in [0.3, 0.4) is 0 Å². The van der Waals surface area contributed by atoms with Gasteiger partial charge in [0.15, 0.2) is 0 Å². The number of rotatable bonds is 9. The zero-order valence-corrected chi connectivity index (χ0v) is 15.8. The molecule has 2 aromatic carbocycles. The largest absolute Gasteiger partial charge is 0.478 e. The Morgan fingerprint density at radius 1 is 1.15 bits per heavy atom. The Hall–Kier alpha value is -2.54. The van der Waals surface area contributed by atoms with Gasteiger partial charge in [-0.15, -0.1) is 0 Å². The van der Waals surface area contributed by atoms with Crippen LogP contribution in [0.2, 0.25) is 0 Å². The number of nitrogens with one attached hydrogen (secondary N) is 1. The van der Waals surface area contributed by atoms with Gasteiger partial charge in [0, 0.05) is 18.8 Å². The van der Waals surface area contributed by atoms with Crippen molar-refractivity contribution in [2.45, 2.75) is 26.3 Å². The molecule has 140 valence electrons. The highest BCUT2D eigenvalue weighted by Gasteiger charge is 2.18. The lowest BCUT2D eigenvalue weighted by Crippen LogP contribution is -2.26. The number of nitrogens with zero attached hydrogens (tertiary/aromatic N) is 1. The van der Waals surface area contributed by atoms with Crippen molar-refractivity contribution in [3.05, 3.63) is 59.7 Å². The third-order valence-electron chi connectivity index (χ3n) is 3.87. The summed E-state index contributed by atoms with van der Waals surface area (Å²) >= 11 is 0. The Morgan fingerprint density at radius 2 is 1.85 bits per heavy atom. The molecule has 0 saturated heterocycles. The number of hydrogen-bond donors (Lipinski definition) is 2. The van der Waals surface area contributed by atoms with Crippen LogP contribution in [0.25, 0.3) is 0 Å². The summed E-state index contributed by atoms with van der Waals surface area (Å²) in [4.78, 5) is 13.8. The summed E-state index contributed by atoms with van der Waals surface area (Å²) in [7, 11) is -3.47. The fourth-order valence-electron chi connectivity index (χ4n) is 2.70. The summed E-state index contributed by atoms with van der Waals surface area (Å²) < 4.78 is 25.2. The molecule has 0 fully saturated rings. The highest BCUT2D eigenvalue weighted by atomic mass is 32.2. The zero-order valence-electron chi connectivity index (χ0n) is 15.0. The first-order valence-corrected chi connectivity index (χ1v) is 10.3. The summed E-state index contributed by atoms with van der Waals surface area (Å²) in [5, 5.41) is 9.62. The van der Waals surface area contributed by atoms with Crippen LogP contribution in [0.1, 0.15) is 35.7 Å². The van der Waals surface area contributed by atoms with Gasteiger partial charge in [-0.25, -0.2) is 13.2 Å². The quantitative estimate of drug-likeness (QED) is 0.699. The van der Waals surface area contributed by atoms with Crippen LogP contribution < -0.4 is 9.62 Å². The van der Waals surface area contributed by atoms with Gasteiger partial charge in [-0.2, -0.15) is 0 Å². The van der Waals surface area contributed by atoms with E-state index in [-0.39, 0.29) is 11.3 Å². The van der Waals surface area contributed by atoms with E-state index < -0.39 is 16.0 Å². The minimum absolute atomic E-state index is 0.0747. The molecule has 0 aliphatic heterocycles. The Bertz CT molecular complexity index is 851. The van der Waals surface area contributed by atoms with E-state index >= 15 is 0 Å². The smallest absolute Gasteiger partial charge is 0.337 e. The number of carboxylic acid groups (broad SMARTS) is 1. The number of hydrogen-bond acceptors (Lipinski definition) is 4. The number of carbonyl (C=O) groups is 1. The van der Waals surface area contributed by atoms with Crippen LogP contribution in [0.15, 0.2) is 48.5 Å². The number of unbranched alkanes of at least 4 members (excludes halogenated alkanes) is 1. The molecular weight excluding hydrogens is 352 g/mol. The minimum atomic E-state index is -3.47. The van der Waals surface area contributed by atoms with Crippen LogP contribution in [0.5, 0.6) is 0 Å². The predicted octanol–water partition coefficient (Wildman–Crippen LogP) is 3.56. The van der Waals surface area contributed by atoms with Crippen LogP contribution in [-0.4, -0.2) is 32.3 Å². The molecule has 0 bridgehead atoms. The van der Waals surface area contributed by atoms with E-state index in [2.05, 4.69) is 11.6 Å². The summed E-state index contributed by atoms with van der Waals surface area (Å²) in [6.45, 7) is 3.38. The van der Waals surface area contributed by atoms with Gasteiger partial charge >= 0.3 is 5.97 Å². The lowest BCUT2D eigenvalue weighted by molar-refractivity contribution is 0.0697. The van der Waals surface area contributed by atoms with Crippen LogP contribution >= 0.6 is 0 Å². The SMILES string of the molecule is CCCCN(Cc1ccccc1)c1ccc(NS(C)(=O)=O)cc1C(=O)O. The molecule has 0 spiro atoms. The summed E-state index contributed by atoms with van der Waals surface area (Å²) in [5.74, 6) is -1.09. The summed E-state index contributed by atoms with van der Waals surface area (Å²) in [5.41, 5.74) is 1.97. The molecule has 26 heavy (non-hydrogen) atoms. The van der Waals surface area contributed by atoms with Crippen molar-refractivity contribution >= 4 is 27.4 Å². The molecular formula is C19H24N2O4S. The van der Waals surface area contributed by atoms with Crippen LogP contribution in [0, 0.1) is 0 Å². The fraction of sp³-hybridized carbons (Fsp3) is 0.316. The van der Waals surface area contributed by atoms with E-state index in [4.69, 9.17) is 0 Å². The van der Waals surface area contributed by atoms with Gasteiger partial charge in [-0.05, 0) is 30.2 Å². The first-order valence-electron chi connectivity index (χ1n) is 8.44. The monoisotopic (exact) mass is 376 g/mol. The Labute approximate surface area is 154 Å². The van der Waals surface area contributed by atoms with Crippen molar-refractivity contribution in [1.82, 2.24) is 0 Å². The Morgan fingerprint density at radius 3 is 2.42 bits per heavy atom. The molecule has 0 unspecified atom stereocenters. The van der Waals surface area contributed by atoms with E-state index in [1.54, 1.807) is 12.1 Å². The van der Waals surface area contributed by atoms with E-state index in [0.717, 1.165) is 24.7 Å². The van der Waals surface area contributed by atoms with E-state index in [0.29, 0.717) is 18.8 Å².